The Morgan fingerprint density at radius 3 is 2.12 bits per heavy atom. The minimum Gasteiger partial charge on any atom is -0.253 e. The zero-order valence-corrected chi connectivity index (χ0v) is 12.0. The molecule has 0 aromatic heterocycles. The van der Waals surface area contributed by atoms with Crippen LogP contribution >= 0.6 is 0 Å². The fraction of sp³-hybridized carbons (Fsp3) is 0.923. The first kappa shape index (κ1) is 14.0. The highest BCUT2D eigenvalue weighted by atomic mass is 32.2. The van der Waals surface area contributed by atoms with Crippen molar-refractivity contribution in [2.24, 2.45) is 17.3 Å². The van der Waals surface area contributed by atoms with Crippen LogP contribution in [0.2, 0.25) is 0 Å². The van der Waals surface area contributed by atoms with Crippen molar-refractivity contribution >= 4 is 15.6 Å². The van der Waals surface area contributed by atoms with Gasteiger partial charge in [-0.2, -0.15) is 0 Å². The molecular weight excluding hydrogens is 218 g/mol. The molecule has 1 unspecified atom stereocenters. The van der Waals surface area contributed by atoms with E-state index in [-0.39, 0.29) is 0 Å². The molecule has 0 saturated heterocycles. The number of hydrogen-bond acceptors (Lipinski definition) is 1. The summed E-state index contributed by atoms with van der Waals surface area (Å²) in [6, 6.07) is 0. The molecule has 0 aromatic rings. The lowest BCUT2D eigenvalue weighted by molar-refractivity contribution is 0.156. The predicted octanol–water partition coefficient (Wildman–Crippen LogP) is 2.69. The fourth-order valence-electron chi connectivity index (χ4n) is 2.66. The van der Waals surface area contributed by atoms with Crippen molar-refractivity contribution in [1.29, 1.82) is 0 Å². The Labute approximate surface area is 101 Å². The van der Waals surface area contributed by atoms with Gasteiger partial charge in [-0.3, -0.25) is 4.21 Å². The molecule has 1 fully saturated rings. The average molecular weight is 245 g/mol. The lowest BCUT2D eigenvalue weighted by Gasteiger charge is -2.37. The van der Waals surface area contributed by atoms with E-state index in [0.29, 0.717) is 11.3 Å². The molecule has 1 aliphatic rings. The maximum atomic E-state index is 11.9. The molecule has 2 nitrogen and oxygen atoms in total. The van der Waals surface area contributed by atoms with E-state index in [9.17, 15) is 4.21 Å². The van der Waals surface area contributed by atoms with Crippen LogP contribution in [0.3, 0.4) is 0 Å². The summed E-state index contributed by atoms with van der Waals surface area (Å²) < 4.78 is 14.7. The van der Waals surface area contributed by atoms with Crippen LogP contribution in [-0.4, -0.2) is 22.9 Å². The van der Waals surface area contributed by atoms with Gasteiger partial charge in [-0.05, 0) is 55.9 Å². The summed E-state index contributed by atoms with van der Waals surface area (Å²) >= 11 is 0. The van der Waals surface area contributed by atoms with Gasteiger partial charge in [-0.25, -0.2) is 4.72 Å². The van der Waals surface area contributed by atoms with Crippen molar-refractivity contribution in [1.82, 2.24) is 4.72 Å². The molecule has 0 aromatic carbocycles. The first-order valence-electron chi connectivity index (χ1n) is 6.28. The normalized spacial score (nSPS) is 31.0. The molecule has 0 bridgehead atoms. The molecule has 1 N–H and O–H groups in total. The molecular formula is C13H27NOS. The van der Waals surface area contributed by atoms with Crippen molar-refractivity contribution in [3.8, 4) is 0 Å². The van der Waals surface area contributed by atoms with E-state index in [1.807, 2.05) is 0 Å². The van der Waals surface area contributed by atoms with E-state index in [1.54, 1.807) is 7.05 Å². The number of hydrogen-bond donors (Lipinski definition) is 1. The highest BCUT2D eigenvalue weighted by molar-refractivity contribution is 7.98. The van der Waals surface area contributed by atoms with Crippen LogP contribution in [-0.2, 0) is 9.71 Å². The second-order valence-electron chi connectivity index (χ2n) is 6.27. The third-order valence-corrected chi connectivity index (χ3v) is 5.70. The van der Waals surface area contributed by atoms with Gasteiger partial charge in [-0.1, -0.05) is 20.8 Å². The van der Waals surface area contributed by atoms with Gasteiger partial charge in [0.2, 0.25) is 0 Å². The van der Waals surface area contributed by atoms with E-state index in [4.69, 9.17) is 0 Å². The Morgan fingerprint density at radius 2 is 1.75 bits per heavy atom. The molecule has 0 aliphatic heterocycles. The van der Waals surface area contributed by atoms with Gasteiger partial charge < -0.3 is 0 Å². The zero-order valence-electron chi connectivity index (χ0n) is 11.2. The summed E-state index contributed by atoms with van der Waals surface area (Å²) in [7, 11) is -0.276. The average Bonchev–Trinajstić information content (AvgIpc) is 2.16. The standard InChI is InChI=1S/C13H27NOS/c1-13(2,3)12-8-6-11(7-9-12)10-16(5,15)14-4/h11-12H,5-10H2,1-4H3,(H,14,15). The van der Waals surface area contributed by atoms with Crippen LogP contribution < -0.4 is 4.72 Å². The van der Waals surface area contributed by atoms with Gasteiger partial charge in [0.1, 0.15) is 0 Å². The molecule has 1 aliphatic carbocycles. The minimum atomic E-state index is -2.02. The van der Waals surface area contributed by atoms with Crippen molar-refractivity contribution in [3.05, 3.63) is 0 Å². The summed E-state index contributed by atoms with van der Waals surface area (Å²) in [6.45, 7) is 6.99. The molecule has 1 atom stereocenters. The third-order valence-electron chi connectivity index (χ3n) is 3.95. The van der Waals surface area contributed by atoms with Crippen molar-refractivity contribution < 1.29 is 4.21 Å². The second kappa shape index (κ2) is 5.09. The Balaban J connectivity index is 2.44. The van der Waals surface area contributed by atoms with Crippen LogP contribution in [0.1, 0.15) is 46.5 Å². The van der Waals surface area contributed by atoms with E-state index in [0.717, 1.165) is 11.7 Å². The van der Waals surface area contributed by atoms with Crippen molar-refractivity contribution in [2.75, 3.05) is 12.8 Å². The Morgan fingerprint density at radius 1 is 1.25 bits per heavy atom. The SMILES string of the molecule is C=S(=O)(CC1CCC(C(C)(C)C)CC1)NC. The summed E-state index contributed by atoms with van der Waals surface area (Å²) in [5, 5.41) is 0. The molecule has 16 heavy (non-hydrogen) atoms. The molecule has 3 heteroatoms. The van der Waals surface area contributed by atoms with E-state index < -0.39 is 9.71 Å². The van der Waals surface area contributed by atoms with Crippen LogP contribution in [0.5, 0.6) is 0 Å². The second-order valence-corrected chi connectivity index (χ2v) is 8.63. The lowest BCUT2D eigenvalue weighted by atomic mass is 9.70. The van der Waals surface area contributed by atoms with Gasteiger partial charge in [-0.15, -0.1) is 0 Å². The molecule has 0 heterocycles. The largest absolute Gasteiger partial charge is 0.253 e. The van der Waals surface area contributed by atoms with Crippen LogP contribution in [0, 0.1) is 17.3 Å². The quantitative estimate of drug-likeness (QED) is 0.761. The van der Waals surface area contributed by atoms with Crippen LogP contribution in [0.15, 0.2) is 0 Å². The fourth-order valence-corrected chi connectivity index (χ4v) is 3.92. The van der Waals surface area contributed by atoms with Gasteiger partial charge in [0.15, 0.2) is 0 Å². The van der Waals surface area contributed by atoms with Gasteiger partial charge in [0.25, 0.3) is 0 Å². The van der Waals surface area contributed by atoms with Crippen molar-refractivity contribution in [3.63, 3.8) is 0 Å². The van der Waals surface area contributed by atoms with Gasteiger partial charge in [0, 0.05) is 15.5 Å². The van der Waals surface area contributed by atoms with Crippen molar-refractivity contribution in [2.45, 2.75) is 46.5 Å². The predicted molar refractivity (Wildman–Crippen MR) is 74.1 cm³/mol. The molecule has 0 amide bonds. The monoisotopic (exact) mass is 245 g/mol. The highest BCUT2D eigenvalue weighted by Crippen LogP contribution is 2.39. The Bertz CT molecular complexity index is 305. The third kappa shape index (κ3) is 4.10. The first-order chi connectivity index (χ1) is 7.24. The molecule has 1 saturated carbocycles. The minimum absolute atomic E-state index is 0.430. The first-order valence-corrected chi connectivity index (χ1v) is 8.17. The van der Waals surface area contributed by atoms with E-state index in [1.165, 1.54) is 25.7 Å². The molecule has 1 rings (SSSR count). The van der Waals surface area contributed by atoms with Crippen LogP contribution in [0.4, 0.5) is 0 Å². The summed E-state index contributed by atoms with van der Waals surface area (Å²) in [4.78, 5) is 0. The maximum absolute atomic E-state index is 11.9. The topological polar surface area (TPSA) is 29.1 Å². The summed E-state index contributed by atoms with van der Waals surface area (Å²) in [5.74, 6) is 5.96. The van der Waals surface area contributed by atoms with E-state index in [2.05, 4.69) is 31.4 Å². The van der Waals surface area contributed by atoms with Gasteiger partial charge in [0.05, 0.1) is 0 Å². The molecule has 0 spiro atoms. The Kier molecular flexibility index (Phi) is 4.47. The zero-order chi connectivity index (χ0) is 12.4. The molecule has 0 radical (unpaired) electrons. The molecule has 96 valence electrons. The summed E-state index contributed by atoms with van der Waals surface area (Å²) in [6.07, 6.45) is 5.01. The number of nitrogens with one attached hydrogen (secondary N) is 1. The highest BCUT2D eigenvalue weighted by Gasteiger charge is 2.30. The maximum Gasteiger partial charge on any atom is 0.0317 e. The summed E-state index contributed by atoms with van der Waals surface area (Å²) in [5.41, 5.74) is 0.430. The van der Waals surface area contributed by atoms with E-state index >= 15 is 0 Å². The Hall–Kier alpha value is -0.0200. The lowest BCUT2D eigenvalue weighted by Crippen LogP contribution is -2.31. The smallest absolute Gasteiger partial charge is 0.0317 e. The van der Waals surface area contributed by atoms with Crippen LogP contribution in [0.25, 0.3) is 0 Å². The number of rotatable bonds is 3. The van der Waals surface area contributed by atoms with Gasteiger partial charge >= 0.3 is 0 Å².